The van der Waals surface area contributed by atoms with Gasteiger partial charge in [0.15, 0.2) is 5.75 Å². The highest BCUT2D eigenvalue weighted by molar-refractivity contribution is 6.08. The van der Waals surface area contributed by atoms with E-state index in [0.717, 1.165) is 104 Å². The molecule has 596 valence electrons. The number of nitro benzene ring substituents is 1. The number of aromatic carboxylic acids is 1. The zero-order valence-electron chi connectivity index (χ0n) is 65.9. The third-order valence-corrected chi connectivity index (χ3v) is 19.4. The number of phenolic OH excluding ortho intramolecular Hbond substituents is 2. The Hall–Kier alpha value is -16.0. The van der Waals surface area contributed by atoms with Crippen LogP contribution < -0.4 is 50.7 Å². The molecule has 0 fully saturated rings. The number of hydrogen-bond acceptors (Lipinski definition) is 19. The number of nitrogen functional groups attached to an aromatic ring is 1. The van der Waals surface area contributed by atoms with Crippen molar-refractivity contribution >= 4 is 150 Å². The van der Waals surface area contributed by atoms with E-state index in [1.54, 1.807) is 113 Å². The highest BCUT2D eigenvalue weighted by Crippen LogP contribution is 2.44. The summed E-state index contributed by atoms with van der Waals surface area (Å²) in [6, 6.07) is 102. The molecule has 17 aromatic carbocycles. The quantitative estimate of drug-likeness (QED) is 0.0138. The largest absolute Gasteiger partial charge is 0.506 e. The minimum atomic E-state index is -1.02. The summed E-state index contributed by atoms with van der Waals surface area (Å²) in [7, 11) is 10.8. The number of methoxy groups -OCH3 is 7. The SMILES string of the molecule is COC(=O)c1ccccc1Nc1c(O)ccc2ccccc12.COC(=O)c1ccccc1Nc1c(OC)ccc2ccccc12.COc1ccc2ccccc2c1N.COc1ccc2ccccc2c1Nc1c(OC)ccc2ccccc12.COc1ccc2ccccc2c1[N+](=O)[O-].O=C(O)c1ccccc1Nc1c(O)ccc2ccccc12. The highest BCUT2D eigenvalue weighted by Gasteiger charge is 2.21. The van der Waals surface area contributed by atoms with Crippen molar-refractivity contribution < 1.29 is 67.8 Å². The number of anilines is 9. The molecule has 9 N–H and O–H groups in total. The monoisotopic (exact) mass is 1580 g/mol. The Bertz CT molecular complexity index is 6450. The van der Waals surface area contributed by atoms with Crippen molar-refractivity contribution in [2.24, 2.45) is 0 Å². The van der Waals surface area contributed by atoms with Crippen molar-refractivity contribution in [1.29, 1.82) is 0 Å². The van der Waals surface area contributed by atoms with Gasteiger partial charge in [0.2, 0.25) is 0 Å². The van der Waals surface area contributed by atoms with Gasteiger partial charge in [0.05, 0.1) is 128 Å². The van der Waals surface area contributed by atoms with Crippen LogP contribution in [0.25, 0.3) is 75.4 Å². The van der Waals surface area contributed by atoms with Crippen molar-refractivity contribution in [2.45, 2.75) is 0 Å². The predicted octanol–water partition coefficient (Wildman–Crippen LogP) is 23.4. The van der Waals surface area contributed by atoms with Gasteiger partial charge in [-0.05, 0) is 123 Å². The molecule has 0 saturated carbocycles. The number of nitrogens with one attached hydrogen (secondary N) is 4. The van der Waals surface area contributed by atoms with E-state index in [4.69, 9.17) is 38.9 Å². The number of ether oxygens (including phenoxy) is 7. The second-order valence-electron chi connectivity index (χ2n) is 26.4. The van der Waals surface area contributed by atoms with Gasteiger partial charge in [-0.2, -0.15) is 0 Å². The number of carboxylic acids is 1. The number of hydrogen-bond donors (Lipinski definition) is 8. The Morgan fingerprint density at radius 1 is 0.294 bits per heavy atom. The predicted molar refractivity (Wildman–Crippen MR) is 477 cm³/mol. The number of carboxylic acid groups (broad SMARTS) is 1. The number of nitrogens with two attached hydrogens (primary N) is 1. The Kier molecular flexibility index (Phi) is 27.1. The average molecular weight is 1590 g/mol. The lowest BCUT2D eigenvalue weighted by atomic mass is 10.1. The highest BCUT2D eigenvalue weighted by atomic mass is 16.6. The summed E-state index contributed by atoms with van der Waals surface area (Å²) >= 11 is 0. The van der Waals surface area contributed by atoms with Crippen molar-refractivity contribution in [3.05, 3.63) is 354 Å². The summed E-state index contributed by atoms with van der Waals surface area (Å²) in [6.45, 7) is 0. The number of nitrogens with zero attached hydrogens (tertiary/aromatic N) is 1. The summed E-state index contributed by atoms with van der Waals surface area (Å²) in [5.74, 6) is 1.71. The maximum Gasteiger partial charge on any atom is 0.339 e. The molecule has 0 aliphatic carbocycles. The van der Waals surface area contributed by atoms with Crippen LogP contribution in [-0.4, -0.2) is 87.9 Å². The van der Waals surface area contributed by atoms with Gasteiger partial charge >= 0.3 is 23.6 Å². The van der Waals surface area contributed by atoms with Crippen LogP contribution in [0.15, 0.2) is 328 Å². The number of rotatable bonds is 17. The van der Waals surface area contributed by atoms with Crippen molar-refractivity contribution in [3.8, 4) is 40.2 Å². The fraction of sp³-hybridized carbons (Fsp3) is 0.0714. The van der Waals surface area contributed by atoms with Crippen LogP contribution in [-0.2, 0) is 9.47 Å². The van der Waals surface area contributed by atoms with E-state index in [0.29, 0.717) is 62.1 Å². The van der Waals surface area contributed by atoms with E-state index in [9.17, 15) is 39.8 Å². The lowest BCUT2D eigenvalue weighted by Gasteiger charge is -2.18. The number of para-hydroxylation sites is 3. The minimum Gasteiger partial charge on any atom is -0.506 e. The van der Waals surface area contributed by atoms with E-state index in [-0.39, 0.29) is 28.7 Å². The van der Waals surface area contributed by atoms with Gasteiger partial charge in [0.25, 0.3) is 0 Å². The molecule has 0 spiro atoms. The molecule has 0 heterocycles. The molecular formula is C98H84N6O15. The van der Waals surface area contributed by atoms with E-state index in [1.165, 1.54) is 27.4 Å². The summed E-state index contributed by atoms with van der Waals surface area (Å²) in [6.07, 6.45) is 0. The molecule has 119 heavy (non-hydrogen) atoms. The van der Waals surface area contributed by atoms with Crippen molar-refractivity contribution in [1.82, 2.24) is 0 Å². The molecule has 0 amide bonds. The van der Waals surface area contributed by atoms with Crippen LogP contribution in [0.4, 0.5) is 56.9 Å². The summed E-state index contributed by atoms with van der Waals surface area (Å²) in [5, 5.41) is 67.4. The average Bonchev–Trinajstić information content (AvgIpc) is 0.775. The number of fused-ring (bicyclic) bond motifs is 7. The second-order valence-corrected chi connectivity index (χ2v) is 26.4. The molecule has 17 rings (SSSR count). The van der Waals surface area contributed by atoms with Crippen LogP contribution in [0.5, 0.6) is 40.2 Å². The lowest BCUT2D eigenvalue weighted by molar-refractivity contribution is -0.383. The van der Waals surface area contributed by atoms with Gasteiger partial charge in [-0.25, -0.2) is 14.4 Å². The molecule has 0 atom stereocenters. The molecule has 0 unspecified atom stereocenters. The van der Waals surface area contributed by atoms with Crippen LogP contribution in [0.1, 0.15) is 31.1 Å². The molecule has 21 heteroatoms. The van der Waals surface area contributed by atoms with E-state index >= 15 is 0 Å². The number of phenols is 2. The maximum absolute atomic E-state index is 11.9. The van der Waals surface area contributed by atoms with Gasteiger partial charge in [-0.15, -0.1) is 0 Å². The summed E-state index contributed by atoms with van der Waals surface area (Å²) in [4.78, 5) is 45.6. The molecule has 0 bridgehead atoms. The van der Waals surface area contributed by atoms with Crippen LogP contribution in [0, 0.1) is 10.1 Å². The topological polar surface area (TPSA) is 294 Å². The third kappa shape index (κ3) is 19.1. The Morgan fingerprint density at radius 2 is 0.546 bits per heavy atom. The first-order chi connectivity index (χ1) is 58.0. The van der Waals surface area contributed by atoms with E-state index in [1.807, 2.05) is 200 Å². The number of carbonyl (C=O) groups excluding carboxylic acids is 2. The number of aromatic hydroxyl groups is 2. The molecule has 17 aromatic rings. The molecule has 0 aliphatic rings. The fourth-order valence-corrected chi connectivity index (χ4v) is 13.5. The Labute approximate surface area is 685 Å². The van der Waals surface area contributed by atoms with Gasteiger partial charge in [-0.1, -0.05) is 243 Å². The first kappa shape index (κ1) is 82.4. The van der Waals surface area contributed by atoms with Crippen molar-refractivity contribution in [3.63, 3.8) is 0 Å². The molecule has 0 aromatic heterocycles. The zero-order valence-corrected chi connectivity index (χ0v) is 65.9. The van der Waals surface area contributed by atoms with Gasteiger partial charge in [-0.3, -0.25) is 10.1 Å². The first-order valence-corrected chi connectivity index (χ1v) is 37.3. The summed E-state index contributed by atoms with van der Waals surface area (Å²) in [5.41, 5.74) is 13.2. The zero-order chi connectivity index (χ0) is 83.9. The smallest absolute Gasteiger partial charge is 0.339 e. The molecular weight excluding hydrogens is 1500 g/mol. The van der Waals surface area contributed by atoms with Gasteiger partial charge < -0.3 is 75.5 Å². The normalized spacial score (nSPS) is 10.4. The number of benzene rings is 17. The lowest BCUT2D eigenvalue weighted by Crippen LogP contribution is -2.06. The first-order valence-electron chi connectivity index (χ1n) is 37.3. The Balaban J connectivity index is 0.000000133. The van der Waals surface area contributed by atoms with Crippen LogP contribution in [0.3, 0.4) is 0 Å². The fourth-order valence-electron chi connectivity index (χ4n) is 13.5. The number of esters is 2. The van der Waals surface area contributed by atoms with Crippen LogP contribution in [0.2, 0.25) is 0 Å². The second kappa shape index (κ2) is 39.1. The standard InChI is InChI=1S/C22H19NO2.C19H17NO3.C18H15NO3.C17H13NO3.C11H9NO3.C11H11NO/c1-24-19-13-11-15-7-3-5-9-17(15)21(19)23-22-18-10-6-4-8-16(18)12-14-20(22)25-2;1-22-17-12-11-13-7-3-4-8-14(13)18(17)20-16-10-6-5-9-15(16)19(21)23-2;1-22-18(21)14-8-4-5-9-15(14)19-17-13-7-3-2-6-12(13)10-11-16(17)20;19-15-10-9-11-5-1-2-6-12(11)16(15)18-14-8-4-3-7-13(14)17(20)21;1-15-10-7-6-8-4-2-3-5-9(8)11(10)12(13)14;1-13-10-7-6-8-4-2-3-5-9(8)11(10)12/h3-14,23H,1-2H3;3-12,20H,1-2H3;2-11,19-20H,1H3;1-10,18-19H,(H,20,21);2-7H,1H3;2-7H,12H2,1H3. The Morgan fingerprint density at radius 3 is 0.891 bits per heavy atom. The van der Waals surface area contributed by atoms with Gasteiger partial charge in [0.1, 0.15) is 34.5 Å². The molecule has 21 nitrogen and oxygen atoms in total. The number of nitro groups is 1. The molecule has 0 radical (unpaired) electrons. The maximum atomic E-state index is 11.9. The third-order valence-electron chi connectivity index (χ3n) is 19.4. The minimum absolute atomic E-state index is 0.0237. The molecule has 0 saturated heterocycles. The van der Waals surface area contributed by atoms with Crippen LogP contribution >= 0.6 is 0 Å². The van der Waals surface area contributed by atoms with Crippen molar-refractivity contribution in [2.75, 3.05) is 76.8 Å². The van der Waals surface area contributed by atoms with E-state index in [2.05, 4.69) is 57.7 Å². The van der Waals surface area contributed by atoms with Gasteiger partial charge in [0, 0.05) is 32.3 Å². The number of carbonyl (C=O) groups is 3. The summed E-state index contributed by atoms with van der Waals surface area (Å²) < 4.78 is 36.4. The molecule has 0 aliphatic heterocycles. The van der Waals surface area contributed by atoms with E-state index < -0.39 is 16.9 Å².